The molecule has 0 bridgehead atoms. The summed E-state index contributed by atoms with van der Waals surface area (Å²) in [6.45, 7) is 3.91. The predicted octanol–water partition coefficient (Wildman–Crippen LogP) is 2.13. The van der Waals surface area contributed by atoms with Crippen LogP contribution in [-0.4, -0.2) is 11.9 Å². The normalized spacial score (nSPS) is 14.3. The van der Waals surface area contributed by atoms with Crippen LogP contribution >= 0.6 is 0 Å². The van der Waals surface area contributed by atoms with Crippen LogP contribution in [0.3, 0.4) is 0 Å². The third-order valence-corrected chi connectivity index (χ3v) is 2.65. The van der Waals surface area contributed by atoms with Crippen molar-refractivity contribution >= 4 is 5.91 Å². The zero-order chi connectivity index (χ0) is 12.8. The first-order chi connectivity index (χ1) is 8.02. The Hall–Kier alpha value is -1.42. The average molecular weight is 238 g/mol. The minimum Gasteiger partial charge on any atom is -0.370 e. The molecule has 3 N–H and O–H groups in total. The van der Waals surface area contributed by atoms with Crippen LogP contribution in [0.2, 0.25) is 0 Å². The Kier molecular flexibility index (Phi) is 5.10. The molecule has 0 aliphatic heterocycles. The van der Waals surface area contributed by atoms with Gasteiger partial charge in [0.15, 0.2) is 0 Å². The number of primary amides is 1. The number of nitrogens with one attached hydrogen (secondary N) is 1. The van der Waals surface area contributed by atoms with Gasteiger partial charge in [0, 0.05) is 18.5 Å². The zero-order valence-electron chi connectivity index (χ0n) is 10.2. The number of hydrogen-bond donors (Lipinski definition) is 2. The Balaban J connectivity index is 2.68. The van der Waals surface area contributed by atoms with Crippen molar-refractivity contribution in [3.8, 4) is 0 Å². The Morgan fingerprint density at radius 2 is 2.24 bits per heavy atom. The van der Waals surface area contributed by atoms with Crippen molar-refractivity contribution in [3.63, 3.8) is 0 Å². The molecule has 0 saturated carbocycles. The molecular weight excluding hydrogens is 219 g/mol. The molecule has 1 amide bonds. The number of nitrogens with two attached hydrogens (primary N) is 1. The number of benzene rings is 1. The lowest BCUT2D eigenvalue weighted by Gasteiger charge is -2.22. The zero-order valence-corrected chi connectivity index (χ0v) is 10.2. The van der Waals surface area contributed by atoms with Crippen LogP contribution in [0, 0.1) is 5.82 Å². The Morgan fingerprint density at radius 1 is 1.53 bits per heavy atom. The summed E-state index contributed by atoms with van der Waals surface area (Å²) in [6, 6.07) is 6.52. The number of carbonyl (C=O) groups is 1. The summed E-state index contributed by atoms with van der Waals surface area (Å²) in [6.07, 6.45) is 1.11. The molecule has 4 heteroatoms. The van der Waals surface area contributed by atoms with E-state index in [0.717, 1.165) is 12.0 Å². The van der Waals surface area contributed by atoms with Crippen LogP contribution in [-0.2, 0) is 4.79 Å². The molecule has 1 aromatic carbocycles. The van der Waals surface area contributed by atoms with Gasteiger partial charge in [0.1, 0.15) is 5.82 Å². The van der Waals surface area contributed by atoms with E-state index >= 15 is 0 Å². The Bertz CT molecular complexity index is 381. The highest BCUT2D eigenvalue weighted by atomic mass is 19.1. The van der Waals surface area contributed by atoms with Crippen LogP contribution < -0.4 is 11.1 Å². The summed E-state index contributed by atoms with van der Waals surface area (Å²) < 4.78 is 13.1. The topological polar surface area (TPSA) is 55.1 Å². The van der Waals surface area contributed by atoms with Crippen molar-refractivity contribution < 1.29 is 9.18 Å². The predicted molar refractivity (Wildman–Crippen MR) is 65.8 cm³/mol. The molecule has 17 heavy (non-hydrogen) atoms. The fourth-order valence-corrected chi connectivity index (χ4v) is 1.88. The molecule has 0 aromatic heterocycles. The fourth-order valence-electron chi connectivity index (χ4n) is 1.88. The van der Waals surface area contributed by atoms with Gasteiger partial charge in [-0.05, 0) is 31.0 Å². The summed E-state index contributed by atoms with van der Waals surface area (Å²) in [7, 11) is 0. The second-order valence-corrected chi connectivity index (χ2v) is 4.25. The third-order valence-electron chi connectivity index (χ3n) is 2.65. The third kappa shape index (κ3) is 4.53. The van der Waals surface area contributed by atoms with Crippen LogP contribution in [0.5, 0.6) is 0 Å². The maximum absolute atomic E-state index is 13.1. The van der Waals surface area contributed by atoms with E-state index < -0.39 is 0 Å². The molecule has 0 radical (unpaired) electrons. The molecule has 1 aromatic rings. The molecule has 0 aliphatic rings. The molecule has 0 aliphatic carbocycles. The second-order valence-electron chi connectivity index (χ2n) is 4.25. The van der Waals surface area contributed by atoms with E-state index in [1.165, 1.54) is 12.1 Å². The van der Waals surface area contributed by atoms with Gasteiger partial charge in [-0.15, -0.1) is 0 Å². The van der Waals surface area contributed by atoms with Crippen molar-refractivity contribution in [1.82, 2.24) is 5.32 Å². The monoisotopic (exact) mass is 238 g/mol. The standard InChI is InChI=1S/C13H19FN2O/c1-3-12(16-9(2)7-13(15)17)10-5-4-6-11(14)8-10/h4-6,8-9,12,16H,3,7H2,1-2H3,(H2,15,17). The molecule has 94 valence electrons. The van der Waals surface area contributed by atoms with Crippen molar-refractivity contribution in [3.05, 3.63) is 35.6 Å². The first-order valence-electron chi connectivity index (χ1n) is 5.82. The Morgan fingerprint density at radius 3 is 2.76 bits per heavy atom. The molecule has 3 nitrogen and oxygen atoms in total. The SMILES string of the molecule is CCC(NC(C)CC(N)=O)c1cccc(F)c1. The largest absolute Gasteiger partial charge is 0.370 e. The number of carbonyl (C=O) groups excluding carboxylic acids is 1. The molecule has 2 atom stereocenters. The number of amides is 1. The minimum atomic E-state index is -0.334. The summed E-state index contributed by atoms with van der Waals surface area (Å²) in [5, 5.41) is 3.27. The van der Waals surface area contributed by atoms with Crippen LogP contribution in [0.4, 0.5) is 4.39 Å². The fraction of sp³-hybridized carbons (Fsp3) is 0.462. The number of rotatable bonds is 6. The summed E-state index contributed by atoms with van der Waals surface area (Å²) >= 11 is 0. The van der Waals surface area contributed by atoms with Gasteiger partial charge in [-0.3, -0.25) is 4.79 Å². The summed E-state index contributed by atoms with van der Waals surface area (Å²) in [5.41, 5.74) is 6.03. The van der Waals surface area contributed by atoms with E-state index in [1.54, 1.807) is 6.07 Å². The van der Waals surface area contributed by atoms with Crippen LogP contribution in [0.1, 0.15) is 38.3 Å². The van der Waals surface area contributed by atoms with Gasteiger partial charge >= 0.3 is 0 Å². The molecule has 1 rings (SSSR count). The van der Waals surface area contributed by atoms with Gasteiger partial charge in [-0.25, -0.2) is 4.39 Å². The number of hydrogen-bond acceptors (Lipinski definition) is 2. The average Bonchev–Trinajstić information content (AvgIpc) is 2.24. The molecular formula is C13H19FN2O. The Labute approximate surface area is 101 Å². The van der Waals surface area contributed by atoms with E-state index in [9.17, 15) is 9.18 Å². The lowest BCUT2D eigenvalue weighted by molar-refractivity contribution is -0.118. The molecule has 0 spiro atoms. The summed E-state index contributed by atoms with van der Waals surface area (Å²) in [5.74, 6) is -0.579. The molecule has 0 heterocycles. The van der Waals surface area contributed by atoms with Gasteiger partial charge in [0.25, 0.3) is 0 Å². The van der Waals surface area contributed by atoms with Crippen LogP contribution in [0.15, 0.2) is 24.3 Å². The van der Waals surface area contributed by atoms with Gasteiger partial charge in [0.05, 0.1) is 0 Å². The van der Waals surface area contributed by atoms with Gasteiger partial charge < -0.3 is 11.1 Å². The van der Waals surface area contributed by atoms with Gasteiger partial charge in [-0.2, -0.15) is 0 Å². The lowest BCUT2D eigenvalue weighted by Crippen LogP contribution is -2.33. The molecule has 0 fully saturated rings. The van der Waals surface area contributed by atoms with E-state index in [4.69, 9.17) is 5.73 Å². The van der Waals surface area contributed by atoms with E-state index in [2.05, 4.69) is 5.32 Å². The van der Waals surface area contributed by atoms with Crippen molar-refractivity contribution in [2.24, 2.45) is 5.73 Å². The van der Waals surface area contributed by atoms with E-state index in [-0.39, 0.29) is 30.2 Å². The van der Waals surface area contributed by atoms with Crippen molar-refractivity contribution in [1.29, 1.82) is 0 Å². The second kappa shape index (κ2) is 6.35. The maximum atomic E-state index is 13.1. The highest BCUT2D eigenvalue weighted by Crippen LogP contribution is 2.18. The smallest absolute Gasteiger partial charge is 0.218 e. The maximum Gasteiger partial charge on any atom is 0.218 e. The van der Waals surface area contributed by atoms with Crippen molar-refractivity contribution in [2.75, 3.05) is 0 Å². The first kappa shape index (κ1) is 13.6. The first-order valence-corrected chi connectivity index (χ1v) is 5.82. The van der Waals surface area contributed by atoms with E-state index in [1.807, 2.05) is 19.9 Å². The molecule has 2 unspecified atom stereocenters. The lowest BCUT2D eigenvalue weighted by atomic mass is 10.0. The number of halogens is 1. The minimum absolute atomic E-state index is 0.0132. The highest BCUT2D eigenvalue weighted by Gasteiger charge is 2.14. The van der Waals surface area contributed by atoms with Crippen LogP contribution in [0.25, 0.3) is 0 Å². The van der Waals surface area contributed by atoms with Gasteiger partial charge in [-0.1, -0.05) is 19.1 Å². The quantitative estimate of drug-likeness (QED) is 0.797. The summed E-state index contributed by atoms with van der Waals surface area (Å²) in [4.78, 5) is 10.8. The molecule has 0 saturated heterocycles. The highest BCUT2D eigenvalue weighted by molar-refractivity contribution is 5.74. The van der Waals surface area contributed by atoms with E-state index in [0.29, 0.717) is 0 Å². The van der Waals surface area contributed by atoms with Gasteiger partial charge in [0.2, 0.25) is 5.91 Å². The van der Waals surface area contributed by atoms with Crippen molar-refractivity contribution in [2.45, 2.75) is 38.8 Å².